The minimum Gasteiger partial charge on any atom is -0.481 e. The summed E-state index contributed by atoms with van der Waals surface area (Å²) in [6.07, 6.45) is 3.35. The number of nitrogens with one attached hydrogen (secondary N) is 1. The van der Waals surface area contributed by atoms with Crippen molar-refractivity contribution in [3.63, 3.8) is 0 Å². The molecule has 0 aromatic carbocycles. The normalized spacial score (nSPS) is 10.1. The first-order valence-electron chi connectivity index (χ1n) is 4.72. The van der Waals surface area contributed by atoms with Crippen molar-refractivity contribution >= 4 is 21.5 Å². The molecule has 0 unspecified atom stereocenters. The van der Waals surface area contributed by atoms with Crippen molar-refractivity contribution in [1.29, 1.82) is 0 Å². The molecule has 0 aliphatic heterocycles. The summed E-state index contributed by atoms with van der Waals surface area (Å²) in [5.74, 6) is 0.609. The lowest BCUT2D eigenvalue weighted by Crippen LogP contribution is -1.99. The second-order valence-corrected chi connectivity index (χ2v) is 4.19. The van der Waals surface area contributed by atoms with Gasteiger partial charge in [-0.15, -0.1) is 0 Å². The van der Waals surface area contributed by atoms with Gasteiger partial charge in [0, 0.05) is 18.8 Å². The zero-order chi connectivity index (χ0) is 11.4. The van der Waals surface area contributed by atoms with E-state index in [1.807, 2.05) is 12.1 Å². The van der Waals surface area contributed by atoms with Gasteiger partial charge in [0.05, 0.1) is 13.3 Å². The number of aromatic nitrogens is 2. The van der Waals surface area contributed by atoms with Crippen molar-refractivity contribution in [2.75, 3.05) is 18.2 Å². The predicted molar refractivity (Wildman–Crippen MR) is 64.6 cm³/mol. The van der Waals surface area contributed by atoms with Gasteiger partial charge in [0.2, 0.25) is 5.88 Å². The molecule has 0 aliphatic rings. The third-order valence-corrected chi connectivity index (χ3v) is 2.76. The van der Waals surface area contributed by atoms with Crippen LogP contribution in [-0.4, -0.2) is 17.1 Å². The summed E-state index contributed by atoms with van der Waals surface area (Å²) >= 11 is 1.43. The van der Waals surface area contributed by atoms with Crippen LogP contribution in [0.1, 0.15) is 5.56 Å². The number of nitrogens with zero attached hydrogens (tertiary/aromatic N) is 2. The minimum atomic E-state index is 0.609. The highest BCUT2D eigenvalue weighted by molar-refractivity contribution is 7.19. The third kappa shape index (κ3) is 2.60. The summed E-state index contributed by atoms with van der Waals surface area (Å²) in [6, 6.07) is 3.80. The standard InChI is InChI=1S/C10H12N4OS/c1-15-9-4-7(2-3-12-9)5-13-10-14-6-8(11)16-10/h2-4,6H,5,11H2,1H3,(H,13,14). The van der Waals surface area contributed by atoms with E-state index in [2.05, 4.69) is 15.3 Å². The maximum absolute atomic E-state index is 5.58. The van der Waals surface area contributed by atoms with Crippen molar-refractivity contribution < 1.29 is 4.74 Å². The van der Waals surface area contributed by atoms with Gasteiger partial charge in [0.25, 0.3) is 0 Å². The van der Waals surface area contributed by atoms with E-state index in [9.17, 15) is 0 Å². The van der Waals surface area contributed by atoms with E-state index in [-0.39, 0.29) is 0 Å². The van der Waals surface area contributed by atoms with Crippen LogP contribution >= 0.6 is 11.3 Å². The van der Waals surface area contributed by atoms with Crippen molar-refractivity contribution in [3.05, 3.63) is 30.1 Å². The molecule has 0 fully saturated rings. The van der Waals surface area contributed by atoms with Crippen LogP contribution in [0.4, 0.5) is 10.1 Å². The van der Waals surface area contributed by atoms with E-state index in [0.29, 0.717) is 17.4 Å². The predicted octanol–water partition coefficient (Wildman–Crippen LogP) is 1.74. The lowest BCUT2D eigenvalue weighted by Gasteiger charge is -2.04. The number of rotatable bonds is 4. The maximum Gasteiger partial charge on any atom is 0.213 e. The Morgan fingerprint density at radius 2 is 2.38 bits per heavy atom. The molecule has 0 spiro atoms. The largest absolute Gasteiger partial charge is 0.481 e. The van der Waals surface area contributed by atoms with E-state index >= 15 is 0 Å². The smallest absolute Gasteiger partial charge is 0.213 e. The molecule has 0 radical (unpaired) electrons. The Bertz CT molecular complexity index is 471. The molecular weight excluding hydrogens is 224 g/mol. The van der Waals surface area contributed by atoms with Crippen molar-refractivity contribution in [3.8, 4) is 5.88 Å². The van der Waals surface area contributed by atoms with Crippen LogP contribution in [0.3, 0.4) is 0 Å². The number of pyridine rings is 1. The summed E-state index contributed by atoms with van der Waals surface area (Å²) in [6.45, 7) is 0.672. The molecule has 0 saturated carbocycles. The molecule has 3 N–H and O–H groups in total. The SMILES string of the molecule is COc1cc(CNc2ncc(N)s2)ccn1. The average Bonchev–Trinajstić information content (AvgIpc) is 2.73. The van der Waals surface area contributed by atoms with Crippen molar-refractivity contribution in [1.82, 2.24) is 9.97 Å². The fourth-order valence-electron chi connectivity index (χ4n) is 1.22. The van der Waals surface area contributed by atoms with Gasteiger partial charge in [-0.2, -0.15) is 0 Å². The van der Waals surface area contributed by atoms with E-state index in [4.69, 9.17) is 10.5 Å². The maximum atomic E-state index is 5.58. The van der Waals surface area contributed by atoms with Gasteiger partial charge in [-0.05, 0) is 11.6 Å². The second-order valence-electron chi connectivity index (χ2n) is 3.13. The summed E-state index contributed by atoms with van der Waals surface area (Å²) < 4.78 is 5.04. The fraction of sp³-hybridized carbons (Fsp3) is 0.200. The molecule has 0 aliphatic carbocycles. The first kappa shape index (κ1) is 10.7. The Labute approximate surface area is 97.3 Å². The van der Waals surface area contributed by atoms with Crippen LogP contribution in [0.15, 0.2) is 24.5 Å². The molecule has 6 heteroatoms. The third-order valence-electron chi connectivity index (χ3n) is 1.98. The second kappa shape index (κ2) is 4.80. The molecule has 0 bridgehead atoms. The van der Waals surface area contributed by atoms with Crippen LogP contribution < -0.4 is 15.8 Å². The highest BCUT2D eigenvalue weighted by Crippen LogP contribution is 2.20. The Morgan fingerprint density at radius 3 is 3.06 bits per heavy atom. The number of methoxy groups -OCH3 is 1. The monoisotopic (exact) mass is 236 g/mol. The van der Waals surface area contributed by atoms with E-state index < -0.39 is 0 Å². The molecule has 0 amide bonds. The average molecular weight is 236 g/mol. The van der Waals surface area contributed by atoms with Crippen molar-refractivity contribution in [2.24, 2.45) is 0 Å². The lowest BCUT2D eigenvalue weighted by molar-refractivity contribution is 0.397. The first-order valence-corrected chi connectivity index (χ1v) is 5.53. The Morgan fingerprint density at radius 1 is 1.50 bits per heavy atom. The number of hydrogen-bond donors (Lipinski definition) is 2. The Hall–Kier alpha value is -1.82. The molecular formula is C10H12N4OS. The zero-order valence-corrected chi connectivity index (χ0v) is 9.62. The van der Waals surface area contributed by atoms with E-state index in [1.165, 1.54) is 11.3 Å². The van der Waals surface area contributed by atoms with Gasteiger partial charge in [-0.3, -0.25) is 0 Å². The Kier molecular flexibility index (Phi) is 3.21. The number of anilines is 2. The Balaban J connectivity index is 1.99. The van der Waals surface area contributed by atoms with Gasteiger partial charge < -0.3 is 15.8 Å². The lowest BCUT2D eigenvalue weighted by atomic mass is 10.3. The quantitative estimate of drug-likeness (QED) is 0.846. The minimum absolute atomic E-state index is 0.609. The van der Waals surface area contributed by atoms with Gasteiger partial charge in [0.1, 0.15) is 5.00 Å². The highest BCUT2D eigenvalue weighted by Gasteiger charge is 2.00. The zero-order valence-electron chi connectivity index (χ0n) is 8.80. The number of ether oxygens (including phenoxy) is 1. The summed E-state index contributed by atoms with van der Waals surface area (Å²) in [7, 11) is 1.60. The summed E-state index contributed by atoms with van der Waals surface area (Å²) in [5.41, 5.74) is 6.66. The summed E-state index contributed by atoms with van der Waals surface area (Å²) in [5, 5.41) is 4.69. The molecule has 2 aromatic rings. The van der Waals surface area contributed by atoms with Gasteiger partial charge in [-0.1, -0.05) is 11.3 Å². The molecule has 16 heavy (non-hydrogen) atoms. The number of nitrogens with two attached hydrogens (primary N) is 1. The van der Waals surface area contributed by atoms with Crippen LogP contribution in [0.5, 0.6) is 5.88 Å². The van der Waals surface area contributed by atoms with E-state index in [0.717, 1.165) is 10.7 Å². The van der Waals surface area contributed by atoms with Crippen LogP contribution in [0, 0.1) is 0 Å². The van der Waals surface area contributed by atoms with Crippen LogP contribution in [0.25, 0.3) is 0 Å². The summed E-state index contributed by atoms with van der Waals surface area (Å²) in [4.78, 5) is 8.14. The molecule has 2 rings (SSSR count). The molecule has 5 nitrogen and oxygen atoms in total. The molecule has 2 aromatic heterocycles. The van der Waals surface area contributed by atoms with Crippen molar-refractivity contribution in [2.45, 2.75) is 6.54 Å². The number of hydrogen-bond acceptors (Lipinski definition) is 6. The topological polar surface area (TPSA) is 73.1 Å². The molecule has 84 valence electrons. The highest BCUT2D eigenvalue weighted by atomic mass is 32.1. The van der Waals surface area contributed by atoms with Crippen LogP contribution in [0.2, 0.25) is 0 Å². The number of thiazole rings is 1. The number of nitrogen functional groups attached to an aromatic ring is 1. The van der Waals surface area contributed by atoms with Gasteiger partial charge in [-0.25, -0.2) is 9.97 Å². The fourth-order valence-corrected chi connectivity index (χ4v) is 1.80. The molecule has 0 saturated heterocycles. The molecule has 2 heterocycles. The van der Waals surface area contributed by atoms with Crippen LogP contribution in [-0.2, 0) is 6.54 Å². The van der Waals surface area contributed by atoms with E-state index in [1.54, 1.807) is 19.5 Å². The molecule has 0 atom stereocenters. The van der Waals surface area contributed by atoms with Gasteiger partial charge in [0.15, 0.2) is 5.13 Å². The van der Waals surface area contributed by atoms with Gasteiger partial charge >= 0.3 is 0 Å². The first-order chi connectivity index (χ1) is 7.78.